The first-order valence-electron chi connectivity index (χ1n) is 6.08. The number of hydrogen-bond acceptors (Lipinski definition) is 3. The highest BCUT2D eigenvalue weighted by molar-refractivity contribution is 7.89. The molecular weight excluding hydrogens is 226 g/mol. The third-order valence-electron chi connectivity index (χ3n) is 3.72. The summed E-state index contributed by atoms with van der Waals surface area (Å²) in [6, 6.07) is 0. The second-order valence-corrected chi connectivity index (χ2v) is 6.82. The van der Waals surface area contributed by atoms with Crippen LogP contribution in [0.25, 0.3) is 0 Å². The molecule has 0 atom stereocenters. The zero-order chi connectivity index (χ0) is 12.2. The number of aliphatic hydroxyl groups is 1. The Bertz CT molecular complexity index is 299. The Labute approximate surface area is 98.7 Å². The van der Waals surface area contributed by atoms with Gasteiger partial charge in [-0.25, -0.2) is 12.7 Å². The van der Waals surface area contributed by atoms with Gasteiger partial charge in [0.1, 0.15) is 0 Å². The van der Waals surface area contributed by atoms with Gasteiger partial charge >= 0.3 is 0 Å². The first kappa shape index (κ1) is 13.9. The molecule has 0 aromatic heterocycles. The first-order valence-corrected chi connectivity index (χ1v) is 7.69. The van der Waals surface area contributed by atoms with Crippen LogP contribution in [0.15, 0.2) is 0 Å². The third-order valence-corrected chi connectivity index (χ3v) is 5.80. The van der Waals surface area contributed by atoms with Crippen molar-refractivity contribution in [3.05, 3.63) is 0 Å². The maximum Gasteiger partial charge on any atom is 0.214 e. The zero-order valence-corrected chi connectivity index (χ0v) is 11.1. The quantitative estimate of drug-likeness (QED) is 0.797. The molecule has 0 unspecified atom stereocenters. The fourth-order valence-corrected chi connectivity index (χ4v) is 3.76. The molecule has 1 heterocycles. The van der Waals surface area contributed by atoms with Crippen LogP contribution in [0.5, 0.6) is 0 Å². The van der Waals surface area contributed by atoms with E-state index in [1.807, 2.05) is 6.92 Å². The molecule has 1 aliphatic heterocycles. The predicted octanol–water partition coefficient (Wildman–Crippen LogP) is 1.21. The van der Waals surface area contributed by atoms with Crippen LogP contribution in [0.3, 0.4) is 0 Å². The molecule has 16 heavy (non-hydrogen) atoms. The van der Waals surface area contributed by atoms with E-state index in [-0.39, 0.29) is 17.8 Å². The molecule has 0 aromatic carbocycles. The van der Waals surface area contributed by atoms with E-state index in [4.69, 9.17) is 0 Å². The predicted molar refractivity (Wildman–Crippen MR) is 64.7 cm³/mol. The number of rotatable bonds is 5. The summed E-state index contributed by atoms with van der Waals surface area (Å²) in [5.41, 5.74) is -0.0434. The summed E-state index contributed by atoms with van der Waals surface area (Å²) >= 11 is 0. The molecule has 1 saturated heterocycles. The molecule has 96 valence electrons. The summed E-state index contributed by atoms with van der Waals surface area (Å²) in [6.45, 7) is 5.25. The van der Waals surface area contributed by atoms with Crippen LogP contribution in [-0.2, 0) is 10.0 Å². The lowest BCUT2D eigenvalue weighted by Gasteiger charge is -2.39. The van der Waals surface area contributed by atoms with E-state index in [1.54, 1.807) is 4.31 Å². The van der Waals surface area contributed by atoms with Crippen LogP contribution in [0, 0.1) is 5.41 Å². The minimum absolute atomic E-state index is 0.0434. The summed E-state index contributed by atoms with van der Waals surface area (Å²) in [5, 5.41) is 9.37. The molecule has 0 aromatic rings. The van der Waals surface area contributed by atoms with Crippen molar-refractivity contribution < 1.29 is 13.5 Å². The van der Waals surface area contributed by atoms with Gasteiger partial charge in [0, 0.05) is 19.7 Å². The van der Waals surface area contributed by atoms with Gasteiger partial charge in [-0.1, -0.05) is 13.8 Å². The Morgan fingerprint density at radius 2 is 1.81 bits per heavy atom. The average Bonchev–Trinajstić information content (AvgIpc) is 2.29. The van der Waals surface area contributed by atoms with Gasteiger partial charge in [-0.3, -0.25) is 0 Å². The van der Waals surface area contributed by atoms with Crippen molar-refractivity contribution >= 4 is 10.0 Å². The molecule has 4 nitrogen and oxygen atoms in total. The second kappa shape index (κ2) is 5.47. The van der Waals surface area contributed by atoms with E-state index in [9.17, 15) is 13.5 Å². The lowest BCUT2D eigenvalue weighted by molar-refractivity contribution is 0.0648. The smallest absolute Gasteiger partial charge is 0.214 e. The van der Waals surface area contributed by atoms with E-state index >= 15 is 0 Å². The highest BCUT2D eigenvalue weighted by Crippen LogP contribution is 2.35. The van der Waals surface area contributed by atoms with Gasteiger partial charge < -0.3 is 5.11 Å². The molecule has 5 heteroatoms. The van der Waals surface area contributed by atoms with Crippen LogP contribution >= 0.6 is 0 Å². The maximum absolute atomic E-state index is 11.8. The SMILES string of the molecule is CCCS(=O)(=O)N1CCC(CC)(CO)CC1. The van der Waals surface area contributed by atoms with Crippen molar-refractivity contribution in [2.75, 3.05) is 25.4 Å². The number of hydrogen-bond donors (Lipinski definition) is 1. The zero-order valence-electron chi connectivity index (χ0n) is 10.3. The lowest BCUT2D eigenvalue weighted by Crippen LogP contribution is -2.45. The van der Waals surface area contributed by atoms with Gasteiger partial charge in [0.2, 0.25) is 10.0 Å². The summed E-state index contributed by atoms with van der Waals surface area (Å²) < 4.78 is 25.3. The Hall–Kier alpha value is -0.130. The first-order chi connectivity index (χ1) is 7.49. The third kappa shape index (κ3) is 2.96. The number of piperidine rings is 1. The van der Waals surface area contributed by atoms with Crippen LogP contribution in [0.1, 0.15) is 39.5 Å². The molecule has 0 spiro atoms. The summed E-state index contributed by atoms with van der Waals surface area (Å²) in [7, 11) is -3.05. The van der Waals surface area contributed by atoms with Crippen LogP contribution in [0.4, 0.5) is 0 Å². The van der Waals surface area contributed by atoms with E-state index < -0.39 is 10.0 Å². The summed E-state index contributed by atoms with van der Waals surface area (Å²) in [5.74, 6) is 0.241. The molecule has 0 amide bonds. The van der Waals surface area contributed by atoms with Gasteiger partial charge in [0.15, 0.2) is 0 Å². The summed E-state index contributed by atoms with van der Waals surface area (Å²) in [4.78, 5) is 0. The van der Waals surface area contributed by atoms with Gasteiger partial charge in [-0.15, -0.1) is 0 Å². The molecule has 0 radical (unpaired) electrons. The van der Waals surface area contributed by atoms with Crippen molar-refractivity contribution in [1.29, 1.82) is 0 Å². The summed E-state index contributed by atoms with van der Waals surface area (Å²) in [6.07, 6.45) is 3.15. The van der Waals surface area contributed by atoms with Gasteiger partial charge in [0.05, 0.1) is 5.75 Å². The van der Waals surface area contributed by atoms with Crippen LogP contribution in [0.2, 0.25) is 0 Å². The van der Waals surface area contributed by atoms with Crippen molar-refractivity contribution in [3.8, 4) is 0 Å². The van der Waals surface area contributed by atoms with Crippen LogP contribution < -0.4 is 0 Å². The van der Waals surface area contributed by atoms with E-state index in [0.29, 0.717) is 19.5 Å². The Balaban J connectivity index is 2.61. The van der Waals surface area contributed by atoms with E-state index in [1.165, 1.54) is 0 Å². The fourth-order valence-electron chi connectivity index (χ4n) is 2.25. The molecule has 1 N–H and O–H groups in total. The number of sulfonamides is 1. The fraction of sp³-hybridized carbons (Fsp3) is 1.00. The van der Waals surface area contributed by atoms with Gasteiger partial charge in [-0.05, 0) is 31.1 Å². The highest BCUT2D eigenvalue weighted by Gasteiger charge is 2.35. The Kier molecular flexibility index (Phi) is 4.76. The topological polar surface area (TPSA) is 57.6 Å². The second-order valence-electron chi connectivity index (χ2n) is 4.73. The number of nitrogens with zero attached hydrogens (tertiary/aromatic N) is 1. The Morgan fingerprint density at radius 3 is 2.19 bits per heavy atom. The Morgan fingerprint density at radius 1 is 1.25 bits per heavy atom. The molecule has 0 saturated carbocycles. The van der Waals surface area contributed by atoms with Crippen molar-refractivity contribution in [1.82, 2.24) is 4.31 Å². The molecule has 1 aliphatic rings. The average molecular weight is 249 g/mol. The van der Waals surface area contributed by atoms with E-state index in [0.717, 1.165) is 19.3 Å². The minimum atomic E-state index is -3.05. The van der Waals surface area contributed by atoms with Crippen molar-refractivity contribution in [2.24, 2.45) is 5.41 Å². The number of aliphatic hydroxyl groups excluding tert-OH is 1. The van der Waals surface area contributed by atoms with Crippen molar-refractivity contribution in [3.63, 3.8) is 0 Å². The van der Waals surface area contributed by atoms with Gasteiger partial charge in [0.25, 0.3) is 0 Å². The van der Waals surface area contributed by atoms with Crippen LogP contribution in [-0.4, -0.2) is 43.3 Å². The standard InChI is InChI=1S/C11H23NO3S/c1-3-9-16(14,15)12-7-5-11(4-2,10-13)6-8-12/h13H,3-10H2,1-2H3. The molecular formula is C11H23NO3S. The molecule has 1 fully saturated rings. The highest BCUT2D eigenvalue weighted by atomic mass is 32.2. The van der Waals surface area contributed by atoms with Crippen molar-refractivity contribution in [2.45, 2.75) is 39.5 Å². The largest absolute Gasteiger partial charge is 0.396 e. The normalized spacial score (nSPS) is 22.2. The molecule has 1 rings (SSSR count). The monoisotopic (exact) mass is 249 g/mol. The van der Waals surface area contributed by atoms with E-state index in [2.05, 4.69) is 6.92 Å². The minimum Gasteiger partial charge on any atom is -0.396 e. The van der Waals surface area contributed by atoms with Gasteiger partial charge in [-0.2, -0.15) is 0 Å². The molecule has 0 bridgehead atoms. The lowest BCUT2D eigenvalue weighted by atomic mass is 9.77. The molecule has 0 aliphatic carbocycles. The maximum atomic E-state index is 11.8.